The number of piperazine rings is 1. The van der Waals surface area contributed by atoms with Gasteiger partial charge in [-0.2, -0.15) is 0 Å². The van der Waals surface area contributed by atoms with Crippen molar-refractivity contribution in [3.05, 3.63) is 79.0 Å². The highest BCUT2D eigenvalue weighted by molar-refractivity contribution is 5.85. The van der Waals surface area contributed by atoms with Gasteiger partial charge in [0.2, 0.25) is 0 Å². The molecule has 4 aromatic rings. The Hall–Kier alpha value is -4.33. The third-order valence-corrected chi connectivity index (χ3v) is 6.52. The lowest BCUT2D eigenvalue weighted by atomic mass is 10.1. The monoisotopic (exact) mass is 525 g/mol. The van der Waals surface area contributed by atoms with E-state index in [1.807, 2.05) is 69.4 Å². The molecule has 0 radical (unpaired) electrons. The molecule has 4 heterocycles. The quantitative estimate of drug-likeness (QED) is 0.296. The predicted molar refractivity (Wildman–Crippen MR) is 156 cm³/mol. The van der Waals surface area contributed by atoms with Crippen molar-refractivity contribution in [2.75, 3.05) is 36.4 Å². The average Bonchev–Trinajstić information content (AvgIpc) is 3.40. The molecule has 39 heavy (non-hydrogen) atoms. The summed E-state index contributed by atoms with van der Waals surface area (Å²) in [4.78, 5) is 26.0. The minimum absolute atomic E-state index is 0.263. The molecule has 0 aliphatic carbocycles. The minimum Gasteiger partial charge on any atom is -0.464 e. The number of carbonyl (C=O) groups is 1. The molecule has 0 spiro atoms. The molecule has 1 N–H and O–H groups in total. The molecule has 1 aromatic carbocycles. The van der Waals surface area contributed by atoms with E-state index >= 15 is 0 Å². The van der Waals surface area contributed by atoms with E-state index in [4.69, 9.17) is 14.1 Å². The van der Waals surface area contributed by atoms with Crippen LogP contribution in [0.4, 0.5) is 16.2 Å². The number of amides is 1. The maximum Gasteiger partial charge on any atom is 0.410 e. The number of allylic oxidation sites excluding steroid dienone is 1. The van der Waals surface area contributed by atoms with Gasteiger partial charge in [0.15, 0.2) is 0 Å². The van der Waals surface area contributed by atoms with Gasteiger partial charge in [-0.15, -0.1) is 0 Å². The van der Waals surface area contributed by atoms with E-state index in [0.717, 1.165) is 51.4 Å². The number of aromatic nitrogens is 2. The van der Waals surface area contributed by atoms with Crippen molar-refractivity contribution in [3.63, 3.8) is 0 Å². The first-order valence-electron chi connectivity index (χ1n) is 13.4. The van der Waals surface area contributed by atoms with E-state index in [9.17, 15) is 4.79 Å². The zero-order valence-electron chi connectivity index (χ0n) is 23.0. The van der Waals surface area contributed by atoms with Gasteiger partial charge in [-0.1, -0.05) is 19.1 Å². The number of nitrogens with one attached hydrogen (secondary N) is 1. The smallest absolute Gasteiger partial charge is 0.410 e. The molecule has 0 unspecified atom stereocenters. The first-order valence-corrected chi connectivity index (χ1v) is 13.4. The molecular weight excluding hydrogens is 490 g/mol. The largest absolute Gasteiger partial charge is 0.464 e. The number of ether oxygens (including phenoxy) is 1. The second kappa shape index (κ2) is 11.2. The molecule has 0 saturated carbocycles. The van der Waals surface area contributed by atoms with Crippen LogP contribution in [0.1, 0.15) is 39.8 Å². The lowest BCUT2D eigenvalue weighted by Crippen LogP contribution is -2.50. The van der Waals surface area contributed by atoms with Gasteiger partial charge in [0, 0.05) is 43.3 Å². The molecule has 0 atom stereocenters. The standard InChI is InChI=1S/C31H35N5O3/c1-5-7-25(26-9-6-8-24(33-26)22-10-11-29-23(20-22)13-19-38-29)34-27-21-32-14-12-28(27)35-15-17-36(18-16-35)30(37)39-31(2,3)4/h6-14,19-21,34H,5,15-18H2,1-4H3/b25-7+. The maximum absolute atomic E-state index is 12.5. The molecule has 5 rings (SSSR count). The zero-order valence-corrected chi connectivity index (χ0v) is 23.0. The van der Waals surface area contributed by atoms with E-state index in [0.29, 0.717) is 26.2 Å². The number of benzene rings is 1. The summed E-state index contributed by atoms with van der Waals surface area (Å²) in [6.07, 6.45) is 8.07. The van der Waals surface area contributed by atoms with Crippen LogP contribution in [0.25, 0.3) is 27.9 Å². The Labute approximate surface area is 229 Å². The first kappa shape index (κ1) is 26.3. The molecular formula is C31H35N5O3. The number of nitrogens with zero attached hydrogens (tertiary/aromatic N) is 4. The van der Waals surface area contributed by atoms with Gasteiger partial charge >= 0.3 is 6.09 Å². The predicted octanol–water partition coefficient (Wildman–Crippen LogP) is 6.81. The van der Waals surface area contributed by atoms with Crippen LogP contribution in [0.15, 0.2) is 77.7 Å². The molecule has 1 fully saturated rings. The van der Waals surface area contributed by atoms with Crippen LogP contribution in [-0.2, 0) is 4.74 Å². The highest BCUT2D eigenvalue weighted by Crippen LogP contribution is 2.30. The van der Waals surface area contributed by atoms with Crippen LogP contribution in [0, 0.1) is 0 Å². The summed E-state index contributed by atoms with van der Waals surface area (Å²) < 4.78 is 11.0. The molecule has 1 amide bonds. The van der Waals surface area contributed by atoms with Crippen LogP contribution in [0.5, 0.6) is 0 Å². The molecule has 8 heteroatoms. The summed E-state index contributed by atoms with van der Waals surface area (Å²) in [5, 5.41) is 4.66. The van der Waals surface area contributed by atoms with Crippen molar-refractivity contribution < 1.29 is 13.9 Å². The number of hydrogen-bond donors (Lipinski definition) is 1. The Morgan fingerprint density at radius 3 is 2.69 bits per heavy atom. The summed E-state index contributed by atoms with van der Waals surface area (Å²) in [5.74, 6) is 0. The Morgan fingerprint density at radius 1 is 1.10 bits per heavy atom. The average molecular weight is 526 g/mol. The number of hydrogen-bond acceptors (Lipinski definition) is 7. The molecule has 1 aliphatic rings. The second-order valence-corrected chi connectivity index (χ2v) is 10.6. The first-order chi connectivity index (χ1) is 18.8. The van der Waals surface area contributed by atoms with E-state index in [1.165, 1.54) is 0 Å². The molecule has 3 aromatic heterocycles. The van der Waals surface area contributed by atoms with Gasteiger partial charge in [-0.05, 0) is 69.7 Å². The molecule has 8 nitrogen and oxygen atoms in total. The van der Waals surface area contributed by atoms with Crippen LogP contribution < -0.4 is 10.2 Å². The summed E-state index contributed by atoms with van der Waals surface area (Å²) in [5.41, 5.74) is 5.99. The SMILES string of the molecule is CC/C=C(/Nc1cnccc1N1CCN(C(=O)OC(C)(C)C)CC1)c1cccc(-c2ccc3occc3c2)n1. The van der Waals surface area contributed by atoms with Crippen LogP contribution >= 0.6 is 0 Å². The minimum atomic E-state index is -0.504. The summed E-state index contributed by atoms with van der Waals surface area (Å²) in [7, 11) is 0. The van der Waals surface area contributed by atoms with Gasteiger partial charge in [-0.25, -0.2) is 9.78 Å². The summed E-state index contributed by atoms with van der Waals surface area (Å²) in [6.45, 7) is 10.4. The van der Waals surface area contributed by atoms with Gasteiger partial charge in [0.05, 0.1) is 40.9 Å². The lowest BCUT2D eigenvalue weighted by Gasteiger charge is -2.37. The number of anilines is 2. The topological polar surface area (TPSA) is 83.7 Å². The van der Waals surface area contributed by atoms with Gasteiger partial charge in [0.1, 0.15) is 11.2 Å². The van der Waals surface area contributed by atoms with E-state index < -0.39 is 5.60 Å². The van der Waals surface area contributed by atoms with Crippen molar-refractivity contribution in [2.24, 2.45) is 0 Å². The lowest BCUT2D eigenvalue weighted by molar-refractivity contribution is 0.0240. The Bertz CT molecular complexity index is 1480. The maximum atomic E-state index is 12.5. The third kappa shape index (κ3) is 6.22. The van der Waals surface area contributed by atoms with E-state index in [2.05, 4.69) is 34.3 Å². The number of pyridine rings is 2. The fourth-order valence-corrected chi connectivity index (χ4v) is 4.66. The fraction of sp³-hybridized carbons (Fsp3) is 0.323. The Kier molecular flexibility index (Phi) is 7.54. The third-order valence-electron chi connectivity index (χ3n) is 6.52. The molecule has 1 saturated heterocycles. The normalized spacial score (nSPS) is 14.5. The number of fused-ring (bicyclic) bond motifs is 1. The summed E-state index contributed by atoms with van der Waals surface area (Å²) >= 11 is 0. The summed E-state index contributed by atoms with van der Waals surface area (Å²) in [6, 6.07) is 16.1. The van der Waals surface area contributed by atoms with Crippen molar-refractivity contribution in [1.29, 1.82) is 0 Å². The van der Waals surface area contributed by atoms with Gasteiger partial charge < -0.3 is 24.3 Å². The van der Waals surface area contributed by atoms with Crippen LogP contribution in [-0.4, -0.2) is 52.7 Å². The molecule has 1 aliphatic heterocycles. The second-order valence-electron chi connectivity index (χ2n) is 10.6. The van der Waals surface area contributed by atoms with Gasteiger partial charge in [0.25, 0.3) is 0 Å². The van der Waals surface area contributed by atoms with Crippen molar-refractivity contribution in [1.82, 2.24) is 14.9 Å². The van der Waals surface area contributed by atoms with Crippen molar-refractivity contribution in [2.45, 2.75) is 39.7 Å². The zero-order chi connectivity index (χ0) is 27.4. The Morgan fingerprint density at radius 2 is 1.92 bits per heavy atom. The van der Waals surface area contributed by atoms with Gasteiger partial charge in [-0.3, -0.25) is 4.98 Å². The van der Waals surface area contributed by atoms with Crippen molar-refractivity contribution >= 4 is 34.1 Å². The van der Waals surface area contributed by atoms with Crippen molar-refractivity contribution in [3.8, 4) is 11.3 Å². The number of furan rings is 1. The fourth-order valence-electron chi connectivity index (χ4n) is 4.66. The highest BCUT2D eigenvalue weighted by atomic mass is 16.6. The highest BCUT2D eigenvalue weighted by Gasteiger charge is 2.27. The molecule has 0 bridgehead atoms. The van der Waals surface area contributed by atoms with Crippen LogP contribution in [0.3, 0.4) is 0 Å². The molecule has 202 valence electrons. The Balaban J connectivity index is 1.34. The van der Waals surface area contributed by atoms with E-state index in [1.54, 1.807) is 17.4 Å². The van der Waals surface area contributed by atoms with Crippen LogP contribution in [0.2, 0.25) is 0 Å². The number of carbonyl (C=O) groups excluding carboxylic acids is 1. The van der Waals surface area contributed by atoms with E-state index in [-0.39, 0.29) is 6.09 Å². The number of rotatable bonds is 6.